The molecule has 1 fully saturated rings. The molecule has 2 rings (SSSR count). The summed E-state index contributed by atoms with van der Waals surface area (Å²) in [5, 5.41) is 13.5. The average Bonchev–Trinajstić information content (AvgIpc) is 2.52. The number of benzene rings is 1. The highest BCUT2D eigenvalue weighted by Crippen LogP contribution is 2.33. The predicted molar refractivity (Wildman–Crippen MR) is 90.8 cm³/mol. The molecule has 1 saturated heterocycles. The molecule has 0 saturated carbocycles. The summed E-state index contributed by atoms with van der Waals surface area (Å²) in [4.78, 5) is 0. The lowest BCUT2D eigenvalue weighted by molar-refractivity contribution is -0.0171. The number of halogens is 1. The molecule has 23 heavy (non-hydrogen) atoms. The minimum Gasteiger partial charge on any atom is -0.396 e. The van der Waals surface area contributed by atoms with Crippen LogP contribution in [0.4, 0.5) is 4.39 Å². The van der Waals surface area contributed by atoms with Gasteiger partial charge < -0.3 is 15.2 Å². The van der Waals surface area contributed by atoms with Crippen LogP contribution >= 0.6 is 0 Å². The zero-order chi connectivity index (χ0) is 16.9. The smallest absolute Gasteiger partial charge is 0.123 e. The summed E-state index contributed by atoms with van der Waals surface area (Å²) in [6.45, 7) is 8.98. The van der Waals surface area contributed by atoms with Gasteiger partial charge in [-0.1, -0.05) is 32.9 Å². The molecule has 1 aromatic carbocycles. The van der Waals surface area contributed by atoms with E-state index in [2.05, 4.69) is 26.1 Å². The van der Waals surface area contributed by atoms with Crippen LogP contribution in [0.15, 0.2) is 24.3 Å². The normalized spacial score (nSPS) is 19.5. The van der Waals surface area contributed by atoms with Gasteiger partial charge in [-0.2, -0.15) is 0 Å². The Bertz CT molecular complexity index is 475. The molecule has 0 aliphatic carbocycles. The number of aliphatic hydroxyl groups excluding tert-OH is 1. The van der Waals surface area contributed by atoms with Gasteiger partial charge >= 0.3 is 0 Å². The average molecular weight is 323 g/mol. The van der Waals surface area contributed by atoms with E-state index in [0.29, 0.717) is 13.2 Å². The molecule has 1 atom stereocenters. The second kappa shape index (κ2) is 7.73. The molecule has 1 aliphatic heterocycles. The maximum absolute atomic E-state index is 13.2. The molecular formula is C19H30FNO2. The number of ether oxygens (including phenoxy) is 1. The van der Waals surface area contributed by atoms with Gasteiger partial charge in [-0.05, 0) is 42.4 Å². The Morgan fingerprint density at radius 1 is 1.22 bits per heavy atom. The van der Waals surface area contributed by atoms with E-state index in [0.717, 1.165) is 31.4 Å². The van der Waals surface area contributed by atoms with E-state index in [-0.39, 0.29) is 29.3 Å². The maximum Gasteiger partial charge on any atom is 0.123 e. The Morgan fingerprint density at radius 2 is 1.83 bits per heavy atom. The highest BCUT2D eigenvalue weighted by atomic mass is 19.1. The first kappa shape index (κ1) is 18.4. The molecule has 1 unspecified atom stereocenters. The van der Waals surface area contributed by atoms with Crippen LogP contribution < -0.4 is 5.32 Å². The van der Waals surface area contributed by atoms with Crippen molar-refractivity contribution in [2.45, 2.75) is 46.1 Å². The van der Waals surface area contributed by atoms with Crippen molar-refractivity contribution in [3.8, 4) is 0 Å². The fourth-order valence-corrected chi connectivity index (χ4v) is 3.15. The first-order valence-electron chi connectivity index (χ1n) is 8.51. The summed E-state index contributed by atoms with van der Waals surface area (Å²) in [7, 11) is 0. The Hall–Kier alpha value is -0.970. The van der Waals surface area contributed by atoms with Gasteiger partial charge in [0.2, 0.25) is 0 Å². The summed E-state index contributed by atoms with van der Waals surface area (Å²) < 4.78 is 18.6. The summed E-state index contributed by atoms with van der Waals surface area (Å²) >= 11 is 0. The van der Waals surface area contributed by atoms with Crippen molar-refractivity contribution in [1.82, 2.24) is 5.32 Å². The third kappa shape index (κ3) is 5.55. The van der Waals surface area contributed by atoms with E-state index in [1.165, 1.54) is 12.1 Å². The van der Waals surface area contributed by atoms with E-state index in [4.69, 9.17) is 4.74 Å². The highest BCUT2D eigenvalue weighted by molar-refractivity contribution is 5.20. The standard InChI is InChI=1S/C19H30FNO2/c1-18(2,3)12-17(15-4-6-16(20)7-5-15)21-13-19(14-22)8-10-23-11-9-19/h4-7,17,21-22H,8-14H2,1-3H3. The summed E-state index contributed by atoms with van der Waals surface area (Å²) in [5.41, 5.74) is 1.16. The number of hydrogen-bond donors (Lipinski definition) is 2. The molecule has 0 bridgehead atoms. The molecule has 0 radical (unpaired) electrons. The van der Waals surface area contributed by atoms with Gasteiger partial charge in [0.1, 0.15) is 5.82 Å². The molecule has 0 amide bonds. The van der Waals surface area contributed by atoms with Gasteiger partial charge in [-0.3, -0.25) is 0 Å². The van der Waals surface area contributed by atoms with Crippen LogP contribution in [0.2, 0.25) is 0 Å². The van der Waals surface area contributed by atoms with Crippen molar-refractivity contribution in [1.29, 1.82) is 0 Å². The van der Waals surface area contributed by atoms with Crippen molar-refractivity contribution in [2.24, 2.45) is 10.8 Å². The Morgan fingerprint density at radius 3 is 2.35 bits per heavy atom. The highest BCUT2D eigenvalue weighted by Gasteiger charge is 2.33. The molecule has 130 valence electrons. The van der Waals surface area contributed by atoms with Crippen molar-refractivity contribution in [3.05, 3.63) is 35.6 Å². The second-order valence-electron chi connectivity index (χ2n) is 8.02. The Balaban J connectivity index is 2.09. The summed E-state index contributed by atoms with van der Waals surface area (Å²) in [6, 6.07) is 6.90. The number of hydrogen-bond acceptors (Lipinski definition) is 3. The van der Waals surface area contributed by atoms with Crippen LogP contribution in [0.5, 0.6) is 0 Å². The third-order valence-electron chi connectivity index (χ3n) is 4.70. The third-order valence-corrected chi connectivity index (χ3v) is 4.70. The molecule has 1 aromatic rings. The minimum atomic E-state index is -0.209. The van der Waals surface area contributed by atoms with Gasteiger partial charge in [-0.25, -0.2) is 4.39 Å². The van der Waals surface area contributed by atoms with Crippen molar-refractivity contribution >= 4 is 0 Å². The maximum atomic E-state index is 13.2. The predicted octanol–water partition coefficient (Wildman–Crippen LogP) is 3.68. The van der Waals surface area contributed by atoms with Crippen LogP contribution in [0.25, 0.3) is 0 Å². The zero-order valence-electron chi connectivity index (χ0n) is 14.6. The van der Waals surface area contributed by atoms with E-state index in [9.17, 15) is 9.50 Å². The van der Waals surface area contributed by atoms with Crippen molar-refractivity contribution in [3.63, 3.8) is 0 Å². The minimum absolute atomic E-state index is 0.103. The molecule has 2 N–H and O–H groups in total. The SMILES string of the molecule is CC(C)(C)CC(NCC1(CO)CCOCC1)c1ccc(F)cc1. The van der Waals surface area contributed by atoms with E-state index in [1.807, 2.05) is 12.1 Å². The van der Waals surface area contributed by atoms with Crippen molar-refractivity contribution in [2.75, 3.05) is 26.4 Å². The van der Waals surface area contributed by atoms with E-state index in [1.54, 1.807) is 0 Å². The van der Waals surface area contributed by atoms with Crippen LogP contribution in [-0.4, -0.2) is 31.5 Å². The summed E-state index contributed by atoms with van der Waals surface area (Å²) in [6.07, 6.45) is 2.71. The fourth-order valence-electron chi connectivity index (χ4n) is 3.15. The van der Waals surface area contributed by atoms with Gasteiger partial charge in [0.05, 0.1) is 6.61 Å². The first-order valence-corrected chi connectivity index (χ1v) is 8.51. The van der Waals surface area contributed by atoms with E-state index >= 15 is 0 Å². The molecular weight excluding hydrogens is 293 g/mol. The molecule has 1 aliphatic rings. The molecule has 0 aromatic heterocycles. The first-order chi connectivity index (χ1) is 10.8. The molecule has 3 nitrogen and oxygen atoms in total. The number of nitrogens with one attached hydrogen (secondary N) is 1. The lowest BCUT2D eigenvalue weighted by atomic mass is 9.79. The lowest BCUT2D eigenvalue weighted by Gasteiger charge is -2.38. The number of aliphatic hydroxyl groups is 1. The quantitative estimate of drug-likeness (QED) is 0.839. The van der Waals surface area contributed by atoms with Gasteiger partial charge in [0, 0.05) is 31.2 Å². The monoisotopic (exact) mass is 323 g/mol. The number of rotatable bonds is 6. The molecule has 4 heteroatoms. The summed E-state index contributed by atoms with van der Waals surface area (Å²) in [5.74, 6) is -0.209. The Labute approximate surface area is 139 Å². The topological polar surface area (TPSA) is 41.5 Å². The van der Waals surface area contributed by atoms with Crippen LogP contribution in [0.1, 0.15) is 51.6 Å². The van der Waals surface area contributed by atoms with Crippen LogP contribution in [0.3, 0.4) is 0 Å². The van der Waals surface area contributed by atoms with E-state index < -0.39 is 0 Å². The fraction of sp³-hybridized carbons (Fsp3) is 0.684. The van der Waals surface area contributed by atoms with Gasteiger partial charge in [0.15, 0.2) is 0 Å². The van der Waals surface area contributed by atoms with Crippen molar-refractivity contribution < 1.29 is 14.2 Å². The largest absolute Gasteiger partial charge is 0.396 e. The van der Waals surface area contributed by atoms with Gasteiger partial charge in [-0.15, -0.1) is 0 Å². The second-order valence-corrected chi connectivity index (χ2v) is 8.02. The van der Waals surface area contributed by atoms with Gasteiger partial charge in [0.25, 0.3) is 0 Å². The lowest BCUT2D eigenvalue weighted by Crippen LogP contribution is -2.43. The zero-order valence-corrected chi connectivity index (χ0v) is 14.6. The van der Waals surface area contributed by atoms with Crippen LogP contribution in [0, 0.1) is 16.6 Å². The Kier molecular flexibility index (Phi) is 6.18. The van der Waals surface area contributed by atoms with Crippen LogP contribution in [-0.2, 0) is 4.74 Å². The molecule has 0 spiro atoms. The molecule has 1 heterocycles.